The molecule has 1 N–H and O–H groups in total. The molecule has 0 bridgehead atoms. The van der Waals surface area contributed by atoms with Crippen LogP contribution in [0.1, 0.15) is 35.1 Å². The van der Waals surface area contributed by atoms with Gasteiger partial charge in [-0.2, -0.15) is 0 Å². The molecule has 152 valence electrons. The molecule has 1 fully saturated rings. The predicted molar refractivity (Wildman–Crippen MR) is 119 cm³/mol. The van der Waals surface area contributed by atoms with E-state index < -0.39 is 6.10 Å². The minimum Gasteiger partial charge on any atom is -0.448 e. The van der Waals surface area contributed by atoms with E-state index in [0.717, 1.165) is 10.0 Å². The Bertz CT molecular complexity index is 1040. The first-order valence-corrected chi connectivity index (χ1v) is 11.0. The number of hydrogen-bond acceptors (Lipinski definition) is 3. The fourth-order valence-corrected chi connectivity index (χ4v) is 4.96. The van der Waals surface area contributed by atoms with Crippen molar-refractivity contribution in [3.05, 3.63) is 94.0 Å². The molecule has 5 heteroatoms. The molecular weight excluding hydrogens is 442 g/mol. The van der Waals surface area contributed by atoms with E-state index in [4.69, 9.17) is 4.74 Å². The lowest BCUT2D eigenvalue weighted by Crippen LogP contribution is -2.33. The summed E-state index contributed by atoms with van der Waals surface area (Å²) in [7, 11) is 0. The first-order valence-electron chi connectivity index (χ1n) is 10.2. The van der Waals surface area contributed by atoms with Gasteiger partial charge in [0, 0.05) is 10.4 Å². The van der Waals surface area contributed by atoms with Crippen molar-refractivity contribution >= 4 is 22.0 Å². The number of rotatable bonds is 3. The van der Waals surface area contributed by atoms with Crippen LogP contribution in [0.4, 0.5) is 4.79 Å². The summed E-state index contributed by atoms with van der Waals surface area (Å²) in [5, 5.41) is 10.2. The number of carbonyl (C=O) groups excluding carboxylic acids is 1. The van der Waals surface area contributed by atoms with Gasteiger partial charge in [0.2, 0.25) is 0 Å². The lowest BCUT2D eigenvalue weighted by Gasteiger charge is -2.25. The van der Waals surface area contributed by atoms with Crippen molar-refractivity contribution in [2.75, 3.05) is 13.2 Å². The number of halogens is 1. The maximum Gasteiger partial charge on any atom is 0.410 e. The Hall–Kier alpha value is -2.63. The summed E-state index contributed by atoms with van der Waals surface area (Å²) < 4.78 is 6.80. The molecule has 0 saturated carbocycles. The van der Waals surface area contributed by atoms with Gasteiger partial charge in [-0.25, -0.2) is 4.79 Å². The van der Waals surface area contributed by atoms with Gasteiger partial charge in [0.05, 0.1) is 18.7 Å². The first-order chi connectivity index (χ1) is 14.6. The Morgan fingerprint density at radius 1 is 0.967 bits per heavy atom. The molecule has 0 radical (unpaired) electrons. The molecule has 1 aliphatic carbocycles. The van der Waals surface area contributed by atoms with Crippen LogP contribution in [-0.2, 0) is 4.74 Å². The molecule has 1 saturated heterocycles. The third-order valence-electron chi connectivity index (χ3n) is 6.10. The minimum atomic E-state index is -0.542. The second-order valence-corrected chi connectivity index (χ2v) is 8.83. The van der Waals surface area contributed by atoms with Crippen LogP contribution in [0.2, 0.25) is 0 Å². The zero-order valence-electron chi connectivity index (χ0n) is 16.4. The minimum absolute atomic E-state index is 0.0278. The van der Waals surface area contributed by atoms with Crippen LogP contribution >= 0.6 is 15.9 Å². The maximum atomic E-state index is 13.0. The Kier molecular flexibility index (Phi) is 5.09. The number of carbonyl (C=O) groups is 1. The van der Waals surface area contributed by atoms with E-state index in [1.165, 1.54) is 22.3 Å². The van der Waals surface area contributed by atoms with E-state index >= 15 is 0 Å². The van der Waals surface area contributed by atoms with Crippen molar-refractivity contribution in [3.63, 3.8) is 0 Å². The maximum absolute atomic E-state index is 13.0. The van der Waals surface area contributed by atoms with Crippen molar-refractivity contribution in [3.8, 4) is 11.1 Å². The number of ether oxygens (including phenoxy) is 1. The molecule has 0 aromatic heterocycles. The van der Waals surface area contributed by atoms with Gasteiger partial charge in [-0.05, 0) is 46.4 Å². The van der Waals surface area contributed by atoms with Crippen LogP contribution in [-0.4, -0.2) is 35.4 Å². The highest BCUT2D eigenvalue weighted by molar-refractivity contribution is 9.10. The van der Waals surface area contributed by atoms with Gasteiger partial charge in [0.15, 0.2) is 0 Å². The lowest BCUT2D eigenvalue weighted by molar-refractivity contribution is 0.0910. The molecule has 4 nitrogen and oxygen atoms in total. The summed E-state index contributed by atoms with van der Waals surface area (Å²) in [6.07, 6.45) is -0.397. The van der Waals surface area contributed by atoms with Crippen molar-refractivity contribution in [1.82, 2.24) is 4.90 Å². The quantitative estimate of drug-likeness (QED) is 0.557. The van der Waals surface area contributed by atoms with Gasteiger partial charge in [0.25, 0.3) is 0 Å². The van der Waals surface area contributed by atoms with Crippen molar-refractivity contribution in [2.45, 2.75) is 24.5 Å². The van der Waals surface area contributed by atoms with Gasteiger partial charge in [-0.3, -0.25) is 4.90 Å². The van der Waals surface area contributed by atoms with Gasteiger partial charge in [-0.1, -0.05) is 76.6 Å². The van der Waals surface area contributed by atoms with Crippen LogP contribution in [0.25, 0.3) is 11.1 Å². The molecule has 5 rings (SSSR count). The predicted octanol–water partition coefficient (Wildman–Crippen LogP) is 5.51. The molecule has 2 atom stereocenters. The summed E-state index contributed by atoms with van der Waals surface area (Å²) >= 11 is 3.44. The van der Waals surface area contributed by atoms with Crippen LogP contribution in [0.5, 0.6) is 0 Å². The van der Waals surface area contributed by atoms with E-state index in [1.54, 1.807) is 4.90 Å². The number of fused-ring (bicyclic) bond motifs is 3. The molecule has 0 spiro atoms. The van der Waals surface area contributed by atoms with Gasteiger partial charge < -0.3 is 9.84 Å². The number of aliphatic hydroxyl groups excluding tert-OH is 1. The molecule has 30 heavy (non-hydrogen) atoms. The standard InChI is InChI=1S/C25H22BrNO3/c26-17-11-9-16(10-12-17)24-13-18(28)14-27(24)25(29)30-15-23-21-7-3-1-5-19(21)20-6-2-4-8-22(20)23/h1-12,18,23-24,28H,13-15H2. The van der Waals surface area contributed by atoms with Crippen molar-refractivity contribution < 1.29 is 14.6 Å². The molecular formula is C25H22BrNO3. The monoisotopic (exact) mass is 463 g/mol. The number of benzene rings is 3. The number of β-amino-alcohol motifs (C(OH)–C–C–N with tert-alkyl or cyclic N) is 1. The first kappa shape index (κ1) is 19.3. The average Bonchev–Trinajstić information content (AvgIpc) is 3.31. The molecule has 3 aromatic carbocycles. The number of amides is 1. The highest BCUT2D eigenvalue weighted by Crippen LogP contribution is 2.44. The number of hydrogen-bond donors (Lipinski definition) is 1. The van der Waals surface area contributed by atoms with Crippen molar-refractivity contribution in [2.24, 2.45) is 0 Å². The van der Waals surface area contributed by atoms with Crippen LogP contribution in [0, 0.1) is 0 Å². The van der Waals surface area contributed by atoms with Gasteiger partial charge in [0.1, 0.15) is 6.61 Å². The van der Waals surface area contributed by atoms with Crippen LogP contribution < -0.4 is 0 Å². The fraction of sp³-hybridized carbons (Fsp3) is 0.240. The van der Waals surface area contributed by atoms with E-state index in [-0.39, 0.29) is 31.2 Å². The SMILES string of the molecule is O=C(OCC1c2ccccc2-c2ccccc21)N1CC(O)CC1c1ccc(Br)cc1. The second kappa shape index (κ2) is 7.89. The lowest BCUT2D eigenvalue weighted by atomic mass is 9.98. The smallest absolute Gasteiger partial charge is 0.410 e. The number of aliphatic hydroxyl groups is 1. The Balaban J connectivity index is 1.35. The molecule has 3 aromatic rings. The fourth-order valence-electron chi connectivity index (χ4n) is 4.69. The van der Waals surface area contributed by atoms with E-state index in [9.17, 15) is 9.90 Å². The van der Waals surface area contributed by atoms with E-state index in [1.807, 2.05) is 48.5 Å². The second-order valence-electron chi connectivity index (χ2n) is 7.91. The molecule has 2 aliphatic rings. The van der Waals surface area contributed by atoms with E-state index in [0.29, 0.717) is 6.42 Å². The van der Waals surface area contributed by atoms with Gasteiger partial charge in [-0.15, -0.1) is 0 Å². The number of likely N-dealkylation sites (tertiary alicyclic amines) is 1. The third-order valence-corrected chi connectivity index (χ3v) is 6.63. The largest absolute Gasteiger partial charge is 0.448 e. The average molecular weight is 464 g/mol. The molecule has 1 amide bonds. The highest BCUT2D eigenvalue weighted by Gasteiger charge is 2.37. The summed E-state index contributed by atoms with van der Waals surface area (Å²) in [6.45, 7) is 0.573. The Labute approximate surface area is 184 Å². The topological polar surface area (TPSA) is 49.8 Å². The zero-order valence-corrected chi connectivity index (χ0v) is 18.0. The normalized spacial score (nSPS) is 20.1. The number of nitrogens with zero attached hydrogens (tertiary/aromatic N) is 1. The van der Waals surface area contributed by atoms with E-state index in [2.05, 4.69) is 40.2 Å². The summed E-state index contributed by atoms with van der Waals surface area (Å²) in [5.74, 6) is 0.0278. The Morgan fingerprint density at radius 3 is 2.20 bits per heavy atom. The van der Waals surface area contributed by atoms with Crippen molar-refractivity contribution in [1.29, 1.82) is 0 Å². The highest BCUT2D eigenvalue weighted by atomic mass is 79.9. The molecule has 1 heterocycles. The molecule has 1 aliphatic heterocycles. The molecule has 2 unspecified atom stereocenters. The van der Waals surface area contributed by atoms with Crippen LogP contribution in [0.15, 0.2) is 77.3 Å². The third kappa shape index (κ3) is 3.42. The summed E-state index contributed by atoms with van der Waals surface area (Å²) in [6, 6.07) is 24.3. The van der Waals surface area contributed by atoms with Gasteiger partial charge >= 0.3 is 6.09 Å². The zero-order chi connectivity index (χ0) is 20.7. The Morgan fingerprint density at radius 2 is 1.57 bits per heavy atom. The summed E-state index contributed by atoms with van der Waals surface area (Å²) in [4.78, 5) is 14.7. The summed E-state index contributed by atoms with van der Waals surface area (Å²) in [5.41, 5.74) is 5.80. The van der Waals surface area contributed by atoms with Crippen LogP contribution in [0.3, 0.4) is 0 Å².